The Balaban J connectivity index is 1.91. The van der Waals surface area contributed by atoms with E-state index in [0.717, 1.165) is 12.8 Å². The van der Waals surface area contributed by atoms with E-state index in [1.165, 1.54) is 0 Å². The Bertz CT molecular complexity index is 412. The maximum Gasteiger partial charge on any atom is 0.291 e. The number of H-pyrrole nitrogens is 1. The van der Waals surface area contributed by atoms with Crippen LogP contribution in [-0.4, -0.2) is 53.6 Å². The Morgan fingerprint density at radius 1 is 1.67 bits per heavy atom. The quantitative estimate of drug-likeness (QED) is 0.766. The topological polar surface area (TPSA) is 89.1 Å². The van der Waals surface area contributed by atoms with Crippen LogP contribution in [0.2, 0.25) is 0 Å². The lowest BCUT2D eigenvalue weighted by Gasteiger charge is -2.25. The number of carbonyl (C=O) groups is 1. The summed E-state index contributed by atoms with van der Waals surface area (Å²) in [5.74, 6) is 0.567. The normalized spacial score (nSPS) is 23.2. The van der Waals surface area contributed by atoms with Gasteiger partial charge in [-0.2, -0.15) is 0 Å². The van der Waals surface area contributed by atoms with Crippen molar-refractivity contribution in [2.45, 2.75) is 25.4 Å². The van der Waals surface area contributed by atoms with Crippen molar-refractivity contribution in [2.75, 3.05) is 26.9 Å². The number of carbonyl (C=O) groups excluding carboxylic acids is 1. The number of amides is 1. The third kappa shape index (κ3) is 2.68. The number of methoxy groups -OCH3 is 1. The highest BCUT2D eigenvalue weighted by Crippen LogP contribution is 2.21. The number of nitrogens with zero attached hydrogens (tertiary/aromatic N) is 2. The predicted octanol–water partition coefficient (Wildman–Crippen LogP) is -0.0976. The monoisotopic (exact) mass is 254 g/mol. The van der Waals surface area contributed by atoms with Crippen molar-refractivity contribution >= 4 is 5.91 Å². The molecule has 1 saturated heterocycles. The first-order chi connectivity index (χ1) is 8.69. The van der Waals surface area contributed by atoms with Crippen LogP contribution in [0.25, 0.3) is 0 Å². The van der Waals surface area contributed by atoms with Crippen LogP contribution in [0.5, 0.6) is 0 Å². The Morgan fingerprint density at radius 2 is 2.50 bits per heavy atom. The molecule has 2 rings (SSSR count). The molecule has 1 atom stereocenters. The highest BCUT2D eigenvalue weighted by Gasteiger charge is 2.35. The SMILES string of the molecule is CCc1nc(C(=O)NCC2(OC)CCOC2)n[nH]1. The lowest BCUT2D eigenvalue weighted by atomic mass is 10.0. The van der Waals surface area contributed by atoms with Gasteiger partial charge in [-0.1, -0.05) is 6.92 Å². The molecule has 0 bridgehead atoms. The number of ether oxygens (including phenoxy) is 2. The second-order valence-electron chi connectivity index (χ2n) is 4.33. The first kappa shape index (κ1) is 13.0. The van der Waals surface area contributed by atoms with Gasteiger partial charge < -0.3 is 14.8 Å². The van der Waals surface area contributed by atoms with Gasteiger partial charge >= 0.3 is 0 Å². The molecule has 18 heavy (non-hydrogen) atoms. The smallest absolute Gasteiger partial charge is 0.291 e. The fraction of sp³-hybridized carbons (Fsp3) is 0.727. The Labute approximate surface area is 105 Å². The minimum Gasteiger partial charge on any atom is -0.378 e. The van der Waals surface area contributed by atoms with Crippen LogP contribution in [0.4, 0.5) is 0 Å². The van der Waals surface area contributed by atoms with Crippen molar-refractivity contribution in [2.24, 2.45) is 0 Å². The molecule has 2 N–H and O–H groups in total. The maximum atomic E-state index is 11.8. The van der Waals surface area contributed by atoms with Gasteiger partial charge in [0.2, 0.25) is 5.82 Å². The zero-order valence-corrected chi connectivity index (χ0v) is 10.7. The summed E-state index contributed by atoms with van der Waals surface area (Å²) in [5.41, 5.74) is -0.417. The van der Waals surface area contributed by atoms with Gasteiger partial charge in [0.1, 0.15) is 11.4 Å². The lowest BCUT2D eigenvalue weighted by molar-refractivity contribution is -0.0149. The Kier molecular flexibility index (Phi) is 3.93. The van der Waals surface area contributed by atoms with Crippen LogP contribution in [0.1, 0.15) is 29.8 Å². The molecule has 0 spiro atoms. The molecule has 1 aromatic heterocycles. The van der Waals surface area contributed by atoms with Gasteiger partial charge in [-0.15, -0.1) is 5.10 Å². The second kappa shape index (κ2) is 5.45. The van der Waals surface area contributed by atoms with Gasteiger partial charge in [-0.25, -0.2) is 4.98 Å². The zero-order valence-electron chi connectivity index (χ0n) is 10.7. The molecule has 1 unspecified atom stereocenters. The van der Waals surface area contributed by atoms with Gasteiger partial charge in [-0.3, -0.25) is 9.89 Å². The van der Waals surface area contributed by atoms with Crippen LogP contribution < -0.4 is 5.32 Å². The van der Waals surface area contributed by atoms with Crippen molar-refractivity contribution in [3.8, 4) is 0 Å². The molecule has 1 amide bonds. The van der Waals surface area contributed by atoms with Crippen LogP contribution in [0.3, 0.4) is 0 Å². The summed E-state index contributed by atoms with van der Waals surface area (Å²) in [5, 5.41) is 9.35. The summed E-state index contributed by atoms with van der Waals surface area (Å²) < 4.78 is 10.7. The Morgan fingerprint density at radius 3 is 3.06 bits per heavy atom. The van der Waals surface area contributed by atoms with Gasteiger partial charge in [0, 0.05) is 33.1 Å². The molecule has 1 fully saturated rings. The van der Waals surface area contributed by atoms with Gasteiger partial charge in [-0.05, 0) is 0 Å². The van der Waals surface area contributed by atoms with Crippen LogP contribution in [0.15, 0.2) is 0 Å². The molecule has 100 valence electrons. The molecule has 0 aliphatic carbocycles. The van der Waals surface area contributed by atoms with Crippen molar-refractivity contribution in [1.82, 2.24) is 20.5 Å². The molecule has 0 saturated carbocycles. The van der Waals surface area contributed by atoms with Crippen molar-refractivity contribution in [1.29, 1.82) is 0 Å². The molecule has 1 aliphatic heterocycles. The van der Waals surface area contributed by atoms with Gasteiger partial charge in [0.05, 0.1) is 6.61 Å². The molecule has 1 aromatic rings. The zero-order chi connectivity index (χ0) is 13.0. The van der Waals surface area contributed by atoms with Crippen LogP contribution >= 0.6 is 0 Å². The van der Waals surface area contributed by atoms with E-state index in [4.69, 9.17) is 9.47 Å². The first-order valence-corrected chi connectivity index (χ1v) is 6.01. The van der Waals surface area contributed by atoms with E-state index in [1.54, 1.807) is 7.11 Å². The standard InChI is InChI=1S/C11H18N4O3/c1-3-8-13-9(15-14-8)10(16)12-6-11(17-2)4-5-18-7-11/h3-7H2,1-2H3,(H,12,16)(H,13,14,15). The van der Waals surface area contributed by atoms with Crippen LogP contribution in [-0.2, 0) is 15.9 Å². The van der Waals surface area contributed by atoms with E-state index in [9.17, 15) is 4.79 Å². The summed E-state index contributed by atoms with van der Waals surface area (Å²) >= 11 is 0. The van der Waals surface area contributed by atoms with Gasteiger partial charge in [0.15, 0.2) is 0 Å². The third-order valence-corrected chi connectivity index (χ3v) is 3.14. The molecular formula is C11H18N4O3. The lowest BCUT2D eigenvalue weighted by Crippen LogP contribution is -2.45. The maximum absolute atomic E-state index is 11.8. The number of hydrogen-bond acceptors (Lipinski definition) is 5. The fourth-order valence-electron chi connectivity index (χ4n) is 1.84. The highest BCUT2D eigenvalue weighted by atomic mass is 16.5. The number of aromatic nitrogens is 3. The number of nitrogens with one attached hydrogen (secondary N) is 2. The summed E-state index contributed by atoms with van der Waals surface area (Å²) in [6, 6.07) is 0. The molecule has 0 aromatic carbocycles. The van der Waals surface area contributed by atoms with E-state index >= 15 is 0 Å². The van der Waals surface area contributed by atoms with Crippen molar-refractivity contribution < 1.29 is 14.3 Å². The average molecular weight is 254 g/mol. The van der Waals surface area contributed by atoms with E-state index < -0.39 is 5.60 Å². The first-order valence-electron chi connectivity index (χ1n) is 6.01. The summed E-state index contributed by atoms with van der Waals surface area (Å²) in [4.78, 5) is 15.9. The fourth-order valence-corrected chi connectivity index (χ4v) is 1.84. The molecule has 1 aliphatic rings. The summed E-state index contributed by atoms with van der Waals surface area (Å²) in [6.07, 6.45) is 1.49. The van der Waals surface area contributed by atoms with E-state index in [-0.39, 0.29) is 11.7 Å². The van der Waals surface area contributed by atoms with Crippen LogP contribution in [0, 0.1) is 0 Å². The van der Waals surface area contributed by atoms with Crippen molar-refractivity contribution in [3.63, 3.8) is 0 Å². The van der Waals surface area contributed by atoms with Crippen molar-refractivity contribution in [3.05, 3.63) is 11.6 Å². The summed E-state index contributed by atoms with van der Waals surface area (Å²) in [6.45, 7) is 3.50. The largest absolute Gasteiger partial charge is 0.378 e. The molecule has 0 radical (unpaired) electrons. The molecule has 7 nitrogen and oxygen atoms in total. The molecule has 7 heteroatoms. The minimum atomic E-state index is -0.417. The summed E-state index contributed by atoms with van der Waals surface area (Å²) in [7, 11) is 1.63. The number of rotatable bonds is 5. The second-order valence-corrected chi connectivity index (χ2v) is 4.33. The number of hydrogen-bond donors (Lipinski definition) is 2. The third-order valence-electron chi connectivity index (χ3n) is 3.14. The van der Waals surface area contributed by atoms with E-state index in [1.807, 2.05) is 6.92 Å². The molecular weight excluding hydrogens is 236 g/mol. The highest BCUT2D eigenvalue weighted by molar-refractivity contribution is 5.90. The van der Waals surface area contributed by atoms with Gasteiger partial charge in [0.25, 0.3) is 5.91 Å². The minimum absolute atomic E-state index is 0.164. The van der Waals surface area contributed by atoms with E-state index in [2.05, 4.69) is 20.5 Å². The predicted molar refractivity (Wildman–Crippen MR) is 63.3 cm³/mol. The number of aryl methyl sites for hydroxylation is 1. The molecule has 2 heterocycles. The Hall–Kier alpha value is -1.47. The number of aromatic amines is 1. The van der Waals surface area contributed by atoms with E-state index in [0.29, 0.717) is 25.6 Å². The average Bonchev–Trinajstić information content (AvgIpc) is 3.05.